The van der Waals surface area contributed by atoms with Gasteiger partial charge in [-0.3, -0.25) is 9.59 Å². The van der Waals surface area contributed by atoms with Gasteiger partial charge in [0.1, 0.15) is 0 Å². The lowest BCUT2D eigenvalue weighted by atomic mass is 10.2. The fourth-order valence-electron chi connectivity index (χ4n) is 0.858. The van der Waals surface area contributed by atoms with Crippen LogP contribution >= 0.6 is 0 Å². The van der Waals surface area contributed by atoms with Crippen LogP contribution in [0.1, 0.15) is 13.8 Å². The van der Waals surface area contributed by atoms with E-state index >= 15 is 0 Å². The van der Waals surface area contributed by atoms with Crippen molar-refractivity contribution in [2.75, 3.05) is 0 Å². The van der Waals surface area contributed by atoms with Gasteiger partial charge in [-0.05, 0) is 13.8 Å². The molecular formula is C6H7NO5S. The third-order valence-corrected chi connectivity index (χ3v) is 2.02. The molecule has 6 nitrogen and oxygen atoms in total. The van der Waals surface area contributed by atoms with Crippen LogP contribution in [0.15, 0.2) is 11.1 Å². The van der Waals surface area contributed by atoms with Gasteiger partial charge in [0.25, 0.3) is 22.8 Å². The molecule has 72 valence electrons. The highest BCUT2D eigenvalue weighted by molar-refractivity contribution is 7.67. The van der Waals surface area contributed by atoms with E-state index in [1.54, 1.807) is 0 Å². The molecule has 0 radical (unpaired) electrons. The summed E-state index contributed by atoms with van der Waals surface area (Å²) in [6.07, 6.45) is 0. The Balaban J connectivity index is 2.97. The fourth-order valence-corrected chi connectivity index (χ4v) is 1.14. The second-order valence-corrected chi connectivity index (χ2v) is 3.07. The molecular weight excluding hydrogens is 198 g/mol. The van der Waals surface area contributed by atoms with Gasteiger partial charge in [0.05, 0.1) is 0 Å². The molecule has 7 heteroatoms. The van der Waals surface area contributed by atoms with Crippen molar-refractivity contribution in [3.63, 3.8) is 0 Å². The van der Waals surface area contributed by atoms with Crippen LogP contribution in [0, 0.1) is 0 Å². The molecule has 0 unspecified atom stereocenters. The second-order valence-electron chi connectivity index (χ2n) is 2.46. The molecule has 1 aliphatic heterocycles. The highest BCUT2D eigenvalue weighted by Crippen LogP contribution is 2.19. The van der Waals surface area contributed by atoms with Crippen molar-refractivity contribution in [1.82, 2.24) is 5.06 Å². The van der Waals surface area contributed by atoms with E-state index in [2.05, 4.69) is 4.28 Å². The Morgan fingerprint density at radius 1 is 1.08 bits per heavy atom. The lowest BCUT2D eigenvalue weighted by molar-refractivity contribution is -0.162. The third-order valence-electron chi connectivity index (χ3n) is 1.72. The standard InChI is InChI=1S/C6H7NO5S/c1-3-4(2)6(9)7(5(3)8)12-13(10)11/h13H,1-2H3. The number of hydrogen-bond donors (Lipinski definition) is 1. The monoisotopic (exact) mass is 205 g/mol. The average Bonchev–Trinajstić information content (AvgIpc) is 2.22. The van der Waals surface area contributed by atoms with Crippen LogP contribution in [0.25, 0.3) is 0 Å². The van der Waals surface area contributed by atoms with E-state index in [1.807, 2.05) is 0 Å². The van der Waals surface area contributed by atoms with E-state index in [4.69, 9.17) is 0 Å². The first kappa shape index (κ1) is 9.87. The maximum atomic E-state index is 11.1. The Labute approximate surface area is 75.9 Å². The largest absolute Gasteiger partial charge is 0.282 e. The number of hydroxylamine groups is 2. The van der Waals surface area contributed by atoms with Gasteiger partial charge in [0.2, 0.25) is 0 Å². The number of rotatable bonds is 2. The first-order chi connectivity index (χ1) is 5.95. The Hall–Kier alpha value is -1.21. The van der Waals surface area contributed by atoms with Crippen LogP contribution in [0.3, 0.4) is 0 Å². The fraction of sp³-hybridized carbons (Fsp3) is 0.333. The van der Waals surface area contributed by atoms with Crippen LogP contribution in [0.4, 0.5) is 0 Å². The highest BCUT2D eigenvalue weighted by Gasteiger charge is 2.35. The van der Waals surface area contributed by atoms with E-state index in [0.717, 1.165) is 0 Å². The van der Waals surface area contributed by atoms with Crippen molar-refractivity contribution in [3.8, 4) is 0 Å². The number of carbonyl (C=O) groups is 2. The molecule has 13 heavy (non-hydrogen) atoms. The van der Waals surface area contributed by atoms with Gasteiger partial charge in [0, 0.05) is 11.1 Å². The summed E-state index contributed by atoms with van der Waals surface area (Å²) in [5.41, 5.74) is 0.392. The molecule has 0 aliphatic carbocycles. The quantitative estimate of drug-likeness (QED) is 0.469. The summed E-state index contributed by atoms with van der Waals surface area (Å²) in [4.78, 5) is 22.2. The van der Waals surface area contributed by atoms with E-state index in [0.29, 0.717) is 0 Å². The summed E-state index contributed by atoms with van der Waals surface area (Å²) in [5, 5.41) is 0.233. The molecule has 0 N–H and O–H groups in total. The van der Waals surface area contributed by atoms with Gasteiger partial charge in [0.15, 0.2) is 0 Å². The first-order valence-corrected chi connectivity index (χ1v) is 4.43. The summed E-state index contributed by atoms with van der Waals surface area (Å²) in [6.45, 7) is 2.85. The zero-order valence-corrected chi connectivity index (χ0v) is 7.83. The highest BCUT2D eigenvalue weighted by atomic mass is 32.2. The van der Waals surface area contributed by atoms with Crippen molar-refractivity contribution in [2.24, 2.45) is 0 Å². The lowest BCUT2D eigenvalue weighted by Crippen LogP contribution is -2.31. The SMILES string of the molecule is CC1=C(C)C(=O)N(O[SH](=O)=O)C1=O. The summed E-state index contributed by atoms with van der Waals surface area (Å²) < 4.78 is 24.2. The maximum Gasteiger partial charge on any atom is 0.282 e. The third kappa shape index (κ3) is 1.61. The van der Waals surface area contributed by atoms with E-state index < -0.39 is 22.8 Å². The molecule has 0 saturated heterocycles. The van der Waals surface area contributed by atoms with Crippen molar-refractivity contribution in [2.45, 2.75) is 13.8 Å². The second kappa shape index (κ2) is 3.27. The molecule has 1 heterocycles. The normalized spacial score (nSPS) is 17.9. The van der Waals surface area contributed by atoms with Crippen LogP contribution in [-0.2, 0) is 24.9 Å². The minimum absolute atomic E-state index is 0.196. The Morgan fingerprint density at radius 2 is 1.46 bits per heavy atom. The molecule has 0 aromatic rings. The molecule has 0 spiro atoms. The predicted octanol–water partition coefficient (Wildman–Crippen LogP) is -0.850. The topological polar surface area (TPSA) is 80.8 Å². The van der Waals surface area contributed by atoms with Crippen molar-refractivity contribution >= 4 is 22.8 Å². The molecule has 1 rings (SSSR count). The molecule has 0 aromatic carbocycles. The number of thiol groups is 1. The maximum absolute atomic E-state index is 11.1. The summed E-state index contributed by atoms with van der Waals surface area (Å²) in [7, 11) is -3.25. The van der Waals surface area contributed by atoms with Gasteiger partial charge < -0.3 is 0 Å². The number of nitrogens with zero attached hydrogens (tertiary/aromatic N) is 1. The van der Waals surface area contributed by atoms with Gasteiger partial charge in [-0.2, -0.15) is 0 Å². The van der Waals surface area contributed by atoms with Gasteiger partial charge >= 0.3 is 0 Å². The first-order valence-electron chi connectivity index (χ1n) is 3.34. The van der Waals surface area contributed by atoms with Crippen molar-refractivity contribution in [1.29, 1.82) is 0 Å². The Bertz CT molecular complexity index is 348. The summed E-state index contributed by atoms with van der Waals surface area (Å²) >= 11 is 0. The van der Waals surface area contributed by atoms with Crippen LogP contribution in [0.5, 0.6) is 0 Å². The van der Waals surface area contributed by atoms with Crippen molar-refractivity contribution < 1.29 is 22.3 Å². The van der Waals surface area contributed by atoms with Gasteiger partial charge in [-0.1, -0.05) is 0 Å². The molecule has 0 atom stereocenters. The zero-order chi connectivity index (χ0) is 10.2. The van der Waals surface area contributed by atoms with Crippen LogP contribution in [0.2, 0.25) is 0 Å². The lowest BCUT2D eigenvalue weighted by Gasteiger charge is -2.07. The van der Waals surface area contributed by atoms with E-state index in [9.17, 15) is 18.0 Å². The number of carbonyl (C=O) groups excluding carboxylic acids is 2. The zero-order valence-electron chi connectivity index (χ0n) is 6.94. The smallest absolute Gasteiger partial charge is 0.267 e. The molecule has 0 bridgehead atoms. The number of hydrogen-bond acceptors (Lipinski definition) is 5. The van der Waals surface area contributed by atoms with E-state index in [-0.39, 0.29) is 16.2 Å². The van der Waals surface area contributed by atoms with Crippen LogP contribution < -0.4 is 0 Å². The number of imide groups is 1. The molecule has 0 fully saturated rings. The molecule has 0 saturated carbocycles. The van der Waals surface area contributed by atoms with Gasteiger partial charge in [-0.15, -0.1) is 9.35 Å². The van der Waals surface area contributed by atoms with Crippen LogP contribution in [-0.4, -0.2) is 25.3 Å². The molecule has 1 aliphatic rings. The predicted molar refractivity (Wildman–Crippen MR) is 41.6 cm³/mol. The Morgan fingerprint density at radius 3 is 1.77 bits per heavy atom. The van der Waals surface area contributed by atoms with Crippen molar-refractivity contribution in [3.05, 3.63) is 11.1 Å². The van der Waals surface area contributed by atoms with E-state index in [1.165, 1.54) is 13.8 Å². The summed E-state index contributed by atoms with van der Waals surface area (Å²) in [6, 6.07) is 0. The summed E-state index contributed by atoms with van der Waals surface area (Å²) in [5.74, 6) is -1.47. The average molecular weight is 205 g/mol. The number of amides is 2. The minimum atomic E-state index is -3.25. The molecule has 2 amide bonds. The minimum Gasteiger partial charge on any atom is -0.267 e. The molecule has 0 aromatic heterocycles. The Kier molecular flexibility index (Phi) is 2.48. The van der Waals surface area contributed by atoms with Gasteiger partial charge in [-0.25, -0.2) is 8.42 Å².